The number of carbonyl (C=O) groups is 1. The number of ether oxygens (including phenoxy) is 2. The van der Waals surface area contributed by atoms with Crippen molar-refractivity contribution in [3.8, 4) is 11.5 Å². The number of halogens is 1. The first kappa shape index (κ1) is 15.6. The fourth-order valence-corrected chi connectivity index (χ4v) is 2.63. The van der Waals surface area contributed by atoms with Gasteiger partial charge in [0.25, 0.3) is 0 Å². The van der Waals surface area contributed by atoms with Crippen LogP contribution in [0.4, 0.5) is 0 Å². The van der Waals surface area contributed by atoms with E-state index in [9.17, 15) is 4.79 Å². The van der Waals surface area contributed by atoms with Gasteiger partial charge in [-0.25, -0.2) is 0 Å². The second-order valence-corrected chi connectivity index (χ2v) is 5.74. The molecule has 2 aromatic rings. The van der Waals surface area contributed by atoms with Crippen LogP contribution in [0.25, 0.3) is 0 Å². The molecule has 3 nitrogen and oxygen atoms in total. The quantitative estimate of drug-likeness (QED) is 0.754. The van der Waals surface area contributed by atoms with Crippen molar-refractivity contribution in [3.05, 3.63) is 57.6 Å². The number of ketones is 1. The first-order valence-corrected chi connectivity index (χ1v) is 7.36. The Bertz CT molecular complexity index is 645. The predicted octanol–water partition coefficient (Wildman–Crippen LogP) is 4.34. The van der Waals surface area contributed by atoms with Crippen molar-refractivity contribution in [3.63, 3.8) is 0 Å². The van der Waals surface area contributed by atoms with Crippen LogP contribution in [0.5, 0.6) is 11.5 Å². The van der Waals surface area contributed by atoms with E-state index in [0.29, 0.717) is 17.1 Å². The van der Waals surface area contributed by atoms with Gasteiger partial charge in [0.05, 0.1) is 11.6 Å². The van der Waals surface area contributed by atoms with E-state index in [2.05, 4.69) is 22.0 Å². The van der Waals surface area contributed by atoms with Crippen LogP contribution in [-0.4, -0.2) is 19.5 Å². The Labute approximate surface area is 133 Å². The van der Waals surface area contributed by atoms with Crippen molar-refractivity contribution in [1.29, 1.82) is 0 Å². The second-order valence-electron chi connectivity index (χ2n) is 4.88. The van der Waals surface area contributed by atoms with Crippen LogP contribution >= 0.6 is 15.9 Å². The largest absolute Gasteiger partial charge is 0.496 e. The van der Waals surface area contributed by atoms with E-state index in [1.807, 2.05) is 26.0 Å². The molecule has 2 aromatic carbocycles. The van der Waals surface area contributed by atoms with Gasteiger partial charge in [-0.1, -0.05) is 6.07 Å². The van der Waals surface area contributed by atoms with Gasteiger partial charge in [0, 0.05) is 5.56 Å². The van der Waals surface area contributed by atoms with Crippen LogP contribution < -0.4 is 9.47 Å². The van der Waals surface area contributed by atoms with E-state index >= 15 is 0 Å². The van der Waals surface area contributed by atoms with E-state index in [0.717, 1.165) is 15.6 Å². The van der Waals surface area contributed by atoms with Gasteiger partial charge in [-0.3, -0.25) is 4.79 Å². The standard InChI is InChI=1S/C17H17BrO3/c1-11-6-12(2)8-14(7-11)21-10-16(19)13-4-5-17(20-3)15(18)9-13/h4-9H,10H2,1-3H3. The summed E-state index contributed by atoms with van der Waals surface area (Å²) in [7, 11) is 1.59. The van der Waals surface area contributed by atoms with Crippen LogP contribution in [-0.2, 0) is 0 Å². The molecule has 0 amide bonds. The molecule has 0 unspecified atom stereocenters. The molecular formula is C17H17BrO3. The smallest absolute Gasteiger partial charge is 0.200 e. The van der Waals surface area contributed by atoms with Gasteiger partial charge in [0.1, 0.15) is 11.5 Å². The molecule has 21 heavy (non-hydrogen) atoms. The molecule has 0 aromatic heterocycles. The Kier molecular flexibility index (Phi) is 5.02. The predicted molar refractivity (Wildman–Crippen MR) is 86.4 cm³/mol. The Morgan fingerprint density at radius 2 is 1.76 bits per heavy atom. The van der Waals surface area contributed by atoms with Crippen LogP contribution in [0.1, 0.15) is 21.5 Å². The first-order valence-electron chi connectivity index (χ1n) is 6.57. The number of Topliss-reactive ketones (excluding diaryl/α,β-unsaturated/α-hetero) is 1. The minimum absolute atomic E-state index is 0.0155. The molecule has 0 N–H and O–H groups in total. The summed E-state index contributed by atoms with van der Waals surface area (Å²) in [4.78, 5) is 12.2. The first-order chi connectivity index (χ1) is 9.99. The van der Waals surface area contributed by atoms with Gasteiger partial charge < -0.3 is 9.47 Å². The number of methoxy groups -OCH3 is 1. The average molecular weight is 349 g/mol. The molecule has 0 aliphatic rings. The van der Waals surface area contributed by atoms with E-state index in [1.54, 1.807) is 25.3 Å². The Morgan fingerprint density at radius 1 is 1.10 bits per heavy atom. The van der Waals surface area contributed by atoms with Gasteiger partial charge in [-0.15, -0.1) is 0 Å². The lowest BCUT2D eigenvalue weighted by molar-refractivity contribution is 0.0921. The lowest BCUT2D eigenvalue weighted by Crippen LogP contribution is -2.11. The van der Waals surface area contributed by atoms with Crippen LogP contribution in [0.3, 0.4) is 0 Å². The summed E-state index contributed by atoms with van der Waals surface area (Å²) in [5.41, 5.74) is 2.82. The highest BCUT2D eigenvalue weighted by molar-refractivity contribution is 9.10. The number of hydrogen-bond acceptors (Lipinski definition) is 3. The molecule has 0 bridgehead atoms. The summed E-state index contributed by atoms with van der Waals surface area (Å²) in [5.74, 6) is 1.34. The summed E-state index contributed by atoms with van der Waals surface area (Å²) in [6, 6.07) is 11.1. The topological polar surface area (TPSA) is 35.5 Å². The van der Waals surface area contributed by atoms with Crippen LogP contribution in [0.15, 0.2) is 40.9 Å². The molecular weight excluding hydrogens is 332 g/mol. The van der Waals surface area contributed by atoms with Gasteiger partial charge in [0.15, 0.2) is 12.4 Å². The van der Waals surface area contributed by atoms with Crippen molar-refractivity contribution < 1.29 is 14.3 Å². The van der Waals surface area contributed by atoms with Crippen molar-refractivity contribution in [2.45, 2.75) is 13.8 Å². The van der Waals surface area contributed by atoms with Gasteiger partial charge in [-0.2, -0.15) is 0 Å². The molecule has 4 heteroatoms. The number of hydrogen-bond donors (Lipinski definition) is 0. The highest BCUT2D eigenvalue weighted by Gasteiger charge is 2.10. The molecule has 0 aliphatic heterocycles. The number of benzene rings is 2. The molecule has 0 spiro atoms. The molecule has 0 radical (unpaired) electrons. The van der Waals surface area contributed by atoms with E-state index in [4.69, 9.17) is 9.47 Å². The van der Waals surface area contributed by atoms with Gasteiger partial charge >= 0.3 is 0 Å². The van der Waals surface area contributed by atoms with E-state index < -0.39 is 0 Å². The summed E-state index contributed by atoms with van der Waals surface area (Å²) in [6.07, 6.45) is 0. The minimum atomic E-state index is -0.0717. The number of aryl methyl sites for hydroxylation is 2. The van der Waals surface area contributed by atoms with Crippen LogP contribution in [0, 0.1) is 13.8 Å². The molecule has 0 fully saturated rings. The normalized spacial score (nSPS) is 10.3. The molecule has 110 valence electrons. The molecule has 0 saturated heterocycles. The Hall–Kier alpha value is -1.81. The minimum Gasteiger partial charge on any atom is -0.496 e. The van der Waals surface area contributed by atoms with Gasteiger partial charge in [0.2, 0.25) is 0 Å². The van der Waals surface area contributed by atoms with E-state index in [1.165, 1.54) is 0 Å². The summed E-state index contributed by atoms with van der Waals surface area (Å²) in [6.45, 7) is 4.02. The maximum absolute atomic E-state index is 12.2. The summed E-state index contributed by atoms with van der Waals surface area (Å²) < 4.78 is 11.5. The molecule has 0 saturated carbocycles. The number of rotatable bonds is 5. The summed E-state index contributed by atoms with van der Waals surface area (Å²) >= 11 is 3.37. The Morgan fingerprint density at radius 3 is 2.33 bits per heavy atom. The lowest BCUT2D eigenvalue weighted by Gasteiger charge is -2.09. The zero-order valence-corrected chi connectivity index (χ0v) is 13.9. The van der Waals surface area contributed by atoms with Gasteiger partial charge in [-0.05, 0) is 71.2 Å². The van der Waals surface area contributed by atoms with E-state index in [-0.39, 0.29) is 12.4 Å². The summed E-state index contributed by atoms with van der Waals surface area (Å²) in [5, 5.41) is 0. The SMILES string of the molecule is COc1ccc(C(=O)COc2cc(C)cc(C)c2)cc1Br. The third kappa shape index (κ3) is 4.08. The fourth-order valence-electron chi connectivity index (χ4n) is 2.09. The fraction of sp³-hybridized carbons (Fsp3) is 0.235. The molecule has 2 rings (SSSR count). The molecule has 0 heterocycles. The highest BCUT2D eigenvalue weighted by Crippen LogP contribution is 2.26. The van der Waals surface area contributed by atoms with Crippen molar-refractivity contribution in [1.82, 2.24) is 0 Å². The second kappa shape index (κ2) is 6.76. The third-order valence-electron chi connectivity index (χ3n) is 3.04. The van der Waals surface area contributed by atoms with Crippen LogP contribution in [0.2, 0.25) is 0 Å². The lowest BCUT2D eigenvalue weighted by atomic mass is 10.1. The third-order valence-corrected chi connectivity index (χ3v) is 3.66. The van der Waals surface area contributed by atoms with Crippen molar-refractivity contribution in [2.24, 2.45) is 0 Å². The average Bonchev–Trinajstić information content (AvgIpc) is 2.43. The van der Waals surface area contributed by atoms with Crippen molar-refractivity contribution in [2.75, 3.05) is 13.7 Å². The zero-order valence-electron chi connectivity index (χ0n) is 12.3. The molecule has 0 atom stereocenters. The molecule has 0 aliphatic carbocycles. The zero-order chi connectivity index (χ0) is 15.4. The maximum Gasteiger partial charge on any atom is 0.200 e. The Balaban J connectivity index is 2.06. The van der Waals surface area contributed by atoms with Crippen molar-refractivity contribution >= 4 is 21.7 Å². The highest BCUT2D eigenvalue weighted by atomic mass is 79.9. The maximum atomic E-state index is 12.2. The monoisotopic (exact) mass is 348 g/mol. The number of carbonyl (C=O) groups excluding carboxylic acids is 1.